The highest BCUT2D eigenvalue weighted by atomic mass is 35.5. The van der Waals surface area contributed by atoms with Crippen molar-refractivity contribution in [3.05, 3.63) is 15.5 Å². The Hall–Kier alpha value is -2.14. The lowest BCUT2D eigenvalue weighted by Crippen LogP contribution is -2.74. The molecule has 2 amide bonds. The van der Waals surface area contributed by atoms with Crippen LogP contribution >= 0.6 is 57.8 Å². The predicted octanol–water partition coefficient (Wildman–Crippen LogP) is 0.844. The molecule has 0 radical (unpaired) electrons. The van der Waals surface area contributed by atoms with E-state index in [1.165, 1.54) is 46.9 Å². The molecule has 176 valence electrons. The summed E-state index contributed by atoms with van der Waals surface area (Å²) in [4.78, 5) is 48.0. The molecule has 0 saturated carbocycles. The van der Waals surface area contributed by atoms with Crippen molar-refractivity contribution in [2.24, 2.45) is 10.6 Å². The van der Waals surface area contributed by atoms with E-state index in [1.54, 1.807) is 5.51 Å². The number of aliphatic carboxylic acids is 1. The fourth-order valence-electron chi connectivity index (χ4n) is 3.29. The maximum absolute atomic E-state index is 12.8. The van der Waals surface area contributed by atoms with E-state index in [-0.39, 0.29) is 44.8 Å². The third-order valence-corrected chi connectivity index (χ3v) is 9.74. The molecule has 2 unspecified atom stereocenters. The van der Waals surface area contributed by atoms with Gasteiger partial charge >= 0.3 is 5.97 Å². The molecule has 0 spiro atoms. The summed E-state index contributed by atoms with van der Waals surface area (Å²) in [5.41, 5.74) is 5.91. The zero-order chi connectivity index (χ0) is 23.8. The Morgan fingerprint density at radius 2 is 2.33 bits per heavy atom. The number of carboxylic acid groups (broad SMARTS) is 1. The van der Waals surface area contributed by atoms with Crippen LogP contribution in [0.2, 0.25) is 4.34 Å². The van der Waals surface area contributed by atoms with Crippen LogP contribution in [0.5, 0.6) is 0 Å². The number of halogens is 1. The summed E-state index contributed by atoms with van der Waals surface area (Å²) in [6.45, 7) is 0.0322. The molecule has 3 atom stereocenters. The summed E-state index contributed by atoms with van der Waals surface area (Å²) < 4.78 is 0.820. The molecule has 2 aliphatic heterocycles. The summed E-state index contributed by atoms with van der Waals surface area (Å²) >= 11 is 11.0. The Labute approximate surface area is 208 Å². The molecule has 2 aromatic rings. The van der Waals surface area contributed by atoms with Crippen molar-refractivity contribution in [1.29, 1.82) is 0 Å². The molecule has 0 aliphatic carbocycles. The third kappa shape index (κ3) is 4.62. The van der Waals surface area contributed by atoms with Crippen LogP contribution in [0.1, 0.15) is 5.69 Å². The van der Waals surface area contributed by atoms with Gasteiger partial charge in [0.15, 0.2) is 15.2 Å². The minimum absolute atomic E-state index is 0.0322. The van der Waals surface area contributed by atoms with Gasteiger partial charge in [-0.15, -0.1) is 22.0 Å². The van der Waals surface area contributed by atoms with E-state index in [4.69, 9.17) is 22.2 Å². The summed E-state index contributed by atoms with van der Waals surface area (Å²) in [5, 5.41) is 23.6. The van der Waals surface area contributed by atoms with Crippen molar-refractivity contribution < 1.29 is 24.3 Å². The van der Waals surface area contributed by atoms with Gasteiger partial charge in [0.25, 0.3) is 5.91 Å². The molecule has 2 aliphatic rings. The number of β-lactam (4-membered cyclic amide) rings is 1. The predicted molar refractivity (Wildman–Crippen MR) is 126 cm³/mol. The first-order chi connectivity index (χ1) is 15.8. The summed E-state index contributed by atoms with van der Waals surface area (Å²) in [7, 11) is 1.26. The molecule has 2 fully saturated rings. The van der Waals surface area contributed by atoms with Gasteiger partial charge in [-0.3, -0.25) is 14.4 Å². The number of thiazole rings is 1. The van der Waals surface area contributed by atoms with Crippen molar-refractivity contribution in [2.45, 2.75) is 15.8 Å². The minimum atomic E-state index is -1.14. The smallest absolute Gasteiger partial charge is 0.313 e. The van der Waals surface area contributed by atoms with Crippen molar-refractivity contribution >= 4 is 86.4 Å². The Bertz CT molecular complexity index is 1110. The van der Waals surface area contributed by atoms with Crippen LogP contribution < -0.4 is 11.1 Å². The Morgan fingerprint density at radius 3 is 2.94 bits per heavy atom. The number of anilines is 1. The first-order valence-corrected chi connectivity index (χ1v) is 13.3. The van der Waals surface area contributed by atoms with Crippen LogP contribution in [-0.4, -0.2) is 85.3 Å². The Kier molecular flexibility index (Phi) is 6.99. The number of nitrogens with zero attached hydrogens (tertiary/aromatic N) is 5. The van der Waals surface area contributed by atoms with Gasteiger partial charge < -0.3 is 25.9 Å². The highest BCUT2D eigenvalue weighted by Gasteiger charge is 2.57. The molecule has 0 bridgehead atoms. The summed E-state index contributed by atoms with van der Waals surface area (Å²) in [5.74, 6) is -1.57. The number of hydrogen-bond acceptors (Lipinski definition) is 13. The first-order valence-electron chi connectivity index (χ1n) is 9.14. The van der Waals surface area contributed by atoms with Gasteiger partial charge in [0.2, 0.25) is 5.91 Å². The molecule has 17 heteroatoms. The second-order valence-electron chi connectivity index (χ2n) is 6.99. The Morgan fingerprint density at radius 1 is 1.55 bits per heavy atom. The van der Waals surface area contributed by atoms with Crippen LogP contribution in [-0.2, 0) is 19.2 Å². The van der Waals surface area contributed by atoms with Crippen molar-refractivity contribution in [2.75, 3.05) is 30.9 Å². The molecule has 33 heavy (non-hydrogen) atoms. The highest BCUT2D eigenvalue weighted by molar-refractivity contribution is 8.01. The normalized spacial score (nSPS) is 24.7. The molecule has 4 rings (SSSR count). The van der Waals surface area contributed by atoms with E-state index in [9.17, 15) is 19.5 Å². The fourth-order valence-corrected chi connectivity index (χ4v) is 7.57. The van der Waals surface area contributed by atoms with Crippen LogP contribution in [0.3, 0.4) is 0 Å². The highest BCUT2D eigenvalue weighted by Crippen LogP contribution is 2.44. The maximum atomic E-state index is 12.8. The quantitative estimate of drug-likeness (QED) is 0.184. The Balaban J connectivity index is 1.44. The molecule has 4 N–H and O–H groups in total. The largest absolute Gasteiger partial charge is 0.481 e. The van der Waals surface area contributed by atoms with E-state index >= 15 is 0 Å². The van der Waals surface area contributed by atoms with Gasteiger partial charge in [-0.25, -0.2) is 4.98 Å². The lowest BCUT2D eigenvalue weighted by molar-refractivity contribution is -0.157. The maximum Gasteiger partial charge on any atom is 0.313 e. The zero-order valence-corrected chi connectivity index (χ0v) is 20.8. The number of amides is 2. The topological polar surface area (TPSA) is 173 Å². The van der Waals surface area contributed by atoms with Gasteiger partial charge in [0, 0.05) is 18.1 Å². The second-order valence-corrected chi connectivity index (χ2v) is 11.8. The number of rotatable bonds is 8. The minimum Gasteiger partial charge on any atom is -0.481 e. The average Bonchev–Trinajstić information content (AvgIpc) is 3.42. The van der Waals surface area contributed by atoms with Gasteiger partial charge in [-0.2, -0.15) is 0 Å². The molecular weight excluding hydrogens is 534 g/mol. The summed E-state index contributed by atoms with van der Waals surface area (Å²) in [6, 6.07) is -0.845. The van der Waals surface area contributed by atoms with Gasteiger partial charge in [-0.1, -0.05) is 51.2 Å². The lowest BCUT2D eigenvalue weighted by Gasteiger charge is -2.53. The summed E-state index contributed by atoms with van der Waals surface area (Å²) in [6.07, 6.45) is 0. The number of fused-ring (bicyclic) bond motifs is 1. The number of aromatic nitrogens is 3. The average molecular weight is 550 g/mol. The van der Waals surface area contributed by atoms with E-state index in [0.717, 1.165) is 11.3 Å². The number of carboxylic acids is 1. The monoisotopic (exact) mass is 549 g/mol. The van der Waals surface area contributed by atoms with Gasteiger partial charge in [0.1, 0.15) is 39.5 Å². The second kappa shape index (κ2) is 9.61. The van der Waals surface area contributed by atoms with Crippen LogP contribution in [0.4, 0.5) is 5.13 Å². The van der Waals surface area contributed by atoms with E-state index in [2.05, 4.69) is 25.7 Å². The number of nitrogens with two attached hydrogens (primary N) is 1. The number of thioether (sulfide) groups is 2. The molecule has 2 saturated heterocycles. The van der Waals surface area contributed by atoms with Crippen LogP contribution in [0, 0.1) is 5.41 Å². The number of carbonyl (C=O) groups excluding carboxylic acids is 2. The van der Waals surface area contributed by atoms with Crippen molar-refractivity contribution in [3.63, 3.8) is 0 Å². The first kappa shape index (κ1) is 24.0. The number of oxime groups is 1. The van der Waals surface area contributed by atoms with Gasteiger partial charge in [-0.05, 0) is 0 Å². The van der Waals surface area contributed by atoms with Crippen LogP contribution in [0.15, 0.2) is 15.0 Å². The molecule has 2 aromatic heterocycles. The third-order valence-electron chi connectivity index (χ3n) is 4.92. The molecule has 0 aromatic carbocycles. The molecular formula is C16H16ClN7O5S4. The SMILES string of the molecule is CON=C(C(=O)NC1C(=O)N2CC(CSc3nncs3)(C(=O)O)CS[C@H]12)c1nc(N)sc1Cl. The lowest BCUT2D eigenvalue weighted by atomic mass is 9.89. The number of nitrogen functional groups attached to an aromatic ring is 1. The molecule has 4 heterocycles. The van der Waals surface area contributed by atoms with Gasteiger partial charge in [0.05, 0.1) is 0 Å². The number of hydrogen-bond donors (Lipinski definition) is 3. The standard InChI is InChI=1S/C16H16ClN7O5S4/c1-29-23-7(6-9(17)33-14(18)21-6)10(25)20-8-11(26)24-2-16(13(27)28,3-30-12(8)24)4-31-15-22-19-5-32-15/h5,8,12H,2-4H2,1H3,(H2,18,21)(H,20,25)(H,27,28)/t8?,12-,16?/m1/s1. The fraction of sp³-hybridized carbons (Fsp3) is 0.438. The van der Waals surface area contributed by atoms with Crippen molar-refractivity contribution in [3.8, 4) is 0 Å². The van der Waals surface area contributed by atoms with E-state index in [1.807, 2.05) is 0 Å². The number of nitrogens with one attached hydrogen (secondary N) is 1. The van der Waals surface area contributed by atoms with E-state index < -0.39 is 28.7 Å². The van der Waals surface area contributed by atoms with E-state index in [0.29, 0.717) is 4.34 Å². The van der Waals surface area contributed by atoms with Crippen LogP contribution in [0.25, 0.3) is 0 Å². The molecule has 12 nitrogen and oxygen atoms in total. The number of carbonyl (C=O) groups is 3. The zero-order valence-electron chi connectivity index (χ0n) is 16.8. The van der Waals surface area contributed by atoms with Crippen molar-refractivity contribution in [1.82, 2.24) is 25.4 Å².